The molecule has 1 aliphatic carbocycles. The number of benzene rings is 1. The summed E-state index contributed by atoms with van der Waals surface area (Å²) in [6.45, 7) is 6.05. The highest BCUT2D eigenvalue weighted by Crippen LogP contribution is 2.44. The Labute approximate surface area is 131 Å². The van der Waals surface area contributed by atoms with E-state index in [1.807, 2.05) is 20.0 Å². The van der Waals surface area contributed by atoms with E-state index >= 15 is 0 Å². The van der Waals surface area contributed by atoms with Gasteiger partial charge in [-0.05, 0) is 43.2 Å². The molecule has 3 heteroatoms. The Kier molecular flexibility index (Phi) is 5.09. The van der Waals surface area contributed by atoms with Gasteiger partial charge in [0.1, 0.15) is 0 Å². The van der Waals surface area contributed by atoms with Crippen LogP contribution >= 0.6 is 23.2 Å². The van der Waals surface area contributed by atoms with Crippen molar-refractivity contribution in [2.24, 2.45) is 0 Å². The van der Waals surface area contributed by atoms with Gasteiger partial charge >= 0.3 is 0 Å². The number of nitrogens with one attached hydrogen (secondary N) is 1. The molecule has 1 nitrogen and oxygen atoms in total. The summed E-state index contributed by atoms with van der Waals surface area (Å²) in [6, 6.07) is 8.86. The highest BCUT2D eigenvalue weighted by molar-refractivity contribution is 6.44. The Morgan fingerprint density at radius 2 is 1.90 bits per heavy atom. The van der Waals surface area contributed by atoms with E-state index in [9.17, 15) is 0 Å². The van der Waals surface area contributed by atoms with Crippen LogP contribution < -0.4 is 5.32 Å². The highest BCUT2D eigenvalue weighted by atomic mass is 35.5. The van der Waals surface area contributed by atoms with Crippen molar-refractivity contribution in [1.29, 1.82) is 0 Å². The van der Waals surface area contributed by atoms with E-state index in [0.29, 0.717) is 22.0 Å². The third kappa shape index (κ3) is 3.01. The lowest BCUT2D eigenvalue weighted by molar-refractivity contribution is 0.564. The first-order valence-corrected chi connectivity index (χ1v) is 7.48. The van der Waals surface area contributed by atoms with Crippen LogP contribution in [-0.2, 0) is 0 Å². The fourth-order valence-electron chi connectivity index (χ4n) is 2.73. The minimum Gasteiger partial charge on any atom is -0.313 e. The first-order chi connectivity index (χ1) is 9.58. The van der Waals surface area contributed by atoms with Crippen LogP contribution in [0.15, 0.2) is 58.6 Å². The van der Waals surface area contributed by atoms with Crippen LogP contribution in [0.5, 0.6) is 0 Å². The molecule has 106 valence electrons. The molecule has 0 aromatic heterocycles. The zero-order valence-corrected chi connectivity index (χ0v) is 13.3. The predicted octanol–water partition coefficient (Wildman–Crippen LogP) is 5.26. The van der Waals surface area contributed by atoms with Crippen LogP contribution in [0.1, 0.15) is 36.4 Å². The molecule has 1 aliphatic rings. The van der Waals surface area contributed by atoms with Crippen LogP contribution in [0.25, 0.3) is 0 Å². The summed E-state index contributed by atoms with van der Waals surface area (Å²) in [5.41, 5.74) is 3.68. The number of halogens is 2. The third-order valence-corrected chi connectivity index (χ3v) is 4.64. The van der Waals surface area contributed by atoms with Gasteiger partial charge in [0.05, 0.1) is 10.1 Å². The highest BCUT2D eigenvalue weighted by Gasteiger charge is 2.30. The van der Waals surface area contributed by atoms with Gasteiger partial charge in [-0.1, -0.05) is 60.1 Å². The number of allylic oxidation sites excluding steroid dienone is 5. The molecule has 1 aromatic carbocycles. The number of hydrogen-bond acceptors (Lipinski definition) is 1. The summed E-state index contributed by atoms with van der Waals surface area (Å²) in [6.07, 6.45) is 4.67. The average molecular weight is 308 g/mol. The third-order valence-electron chi connectivity index (χ3n) is 3.81. The van der Waals surface area contributed by atoms with Gasteiger partial charge in [0, 0.05) is 12.0 Å². The monoisotopic (exact) mass is 307 g/mol. The van der Waals surface area contributed by atoms with E-state index in [0.717, 1.165) is 12.0 Å². The van der Waals surface area contributed by atoms with Crippen LogP contribution in [0, 0.1) is 0 Å². The van der Waals surface area contributed by atoms with Crippen molar-refractivity contribution in [2.45, 2.75) is 25.3 Å². The van der Waals surface area contributed by atoms with Crippen molar-refractivity contribution < 1.29 is 0 Å². The molecular weight excluding hydrogens is 289 g/mol. The van der Waals surface area contributed by atoms with Crippen LogP contribution in [0.4, 0.5) is 0 Å². The Balaban J connectivity index is 2.29. The topological polar surface area (TPSA) is 12.0 Å². The summed E-state index contributed by atoms with van der Waals surface area (Å²) in [7, 11) is 1.99. The summed E-state index contributed by atoms with van der Waals surface area (Å²) >= 11 is 12.2. The molecular formula is C17H19Cl2N. The second-order valence-electron chi connectivity index (χ2n) is 4.96. The van der Waals surface area contributed by atoms with Crippen molar-refractivity contribution in [1.82, 2.24) is 5.32 Å². The molecule has 20 heavy (non-hydrogen) atoms. The molecule has 0 amide bonds. The van der Waals surface area contributed by atoms with E-state index in [1.165, 1.54) is 11.1 Å². The van der Waals surface area contributed by atoms with E-state index in [2.05, 4.69) is 36.2 Å². The normalized spacial score (nSPS) is 22.8. The van der Waals surface area contributed by atoms with Crippen molar-refractivity contribution in [3.63, 3.8) is 0 Å². The Morgan fingerprint density at radius 3 is 2.50 bits per heavy atom. The number of hydrogen-bond donors (Lipinski definition) is 1. The Bertz CT molecular complexity index is 572. The Hall–Kier alpha value is -1.02. The lowest BCUT2D eigenvalue weighted by Crippen LogP contribution is -2.13. The fourth-order valence-corrected chi connectivity index (χ4v) is 3.03. The maximum absolute atomic E-state index is 6.19. The van der Waals surface area contributed by atoms with E-state index in [1.54, 1.807) is 6.08 Å². The molecule has 0 saturated heterocycles. The maximum Gasteiger partial charge on any atom is 0.0591 e. The minimum absolute atomic E-state index is 0.290. The summed E-state index contributed by atoms with van der Waals surface area (Å²) in [4.78, 5) is 0. The second-order valence-corrected chi connectivity index (χ2v) is 5.78. The molecule has 1 aromatic rings. The van der Waals surface area contributed by atoms with Gasteiger partial charge in [-0.15, -0.1) is 0 Å². The van der Waals surface area contributed by atoms with Gasteiger partial charge < -0.3 is 5.32 Å². The summed E-state index contributed by atoms with van der Waals surface area (Å²) < 4.78 is 0. The van der Waals surface area contributed by atoms with E-state index < -0.39 is 0 Å². The molecule has 0 unspecified atom stereocenters. The summed E-state index contributed by atoms with van der Waals surface area (Å²) in [5, 5.41) is 4.47. The lowest BCUT2D eigenvalue weighted by Gasteiger charge is -2.13. The van der Waals surface area contributed by atoms with Gasteiger partial charge in [-0.25, -0.2) is 0 Å². The van der Waals surface area contributed by atoms with Crippen LogP contribution in [0.2, 0.25) is 0 Å². The van der Waals surface area contributed by atoms with Gasteiger partial charge in [0.25, 0.3) is 0 Å². The molecule has 1 N–H and O–H groups in total. The second kappa shape index (κ2) is 6.62. The zero-order chi connectivity index (χ0) is 14.7. The minimum atomic E-state index is 0.290. The van der Waals surface area contributed by atoms with Gasteiger partial charge in [0.15, 0.2) is 0 Å². The SMILES string of the molecule is C=C(/C=C(Cl)\C(Cl)=C/C)[C@@H]1C[C@@H](NC)c2ccccc21. The quantitative estimate of drug-likeness (QED) is 0.749. The van der Waals surface area contributed by atoms with Gasteiger partial charge in [0.2, 0.25) is 0 Å². The Morgan fingerprint density at radius 1 is 1.25 bits per heavy atom. The molecule has 0 spiro atoms. The fraction of sp³-hybridized carbons (Fsp3) is 0.294. The molecule has 2 rings (SSSR count). The van der Waals surface area contributed by atoms with Gasteiger partial charge in [-0.2, -0.15) is 0 Å². The molecule has 0 heterocycles. The smallest absolute Gasteiger partial charge is 0.0591 e. The molecule has 0 fully saturated rings. The first-order valence-electron chi connectivity index (χ1n) is 6.72. The van der Waals surface area contributed by atoms with E-state index in [-0.39, 0.29) is 0 Å². The average Bonchev–Trinajstić information content (AvgIpc) is 2.85. The predicted molar refractivity (Wildman–Crippen MR) is 88.3 cm³/mol. The first kappa shape index (κ1) is 15.4. The van der Waals surface area contributed by atoms with Crippen molar-refractivity contribution in [3.05, 3.63) is 69.8 Å². The molecule has 0 aliphatic heterocycles. The van der Waals surface area contributed by atoms with Crippen molar-refractivity contribution in [3.8, 4) is 0 Å². The van der Waals surface area contributed by atoms with Crippen molar-refractivity contribution in [2.75, 3.05) is 7.05 Å². The lowest BCUT2D eigenvalue weighted by atomic mass is 9.93. The summed E-state index contributed by atoms with van der Waals surface area (Å²) in [5.74, 6) is 0.290. The standard InChI is InChI=1S/C17H19Cl2N/c1-4-15(18)16(19)9-11(2)14-10-17(20-3)13-8-6-5-7-12(13)14/h4-9,14,17,20H,2,10H2,1,3H3/b15-4+,16-9+/t14-,17+/m0/s1. The number of fused-ring (bicyclic) bond motifs is 1. The zero-order valence-electron chi connectivity index (χ0n) is 11.8. The molecule has 2 atom stereocenters. The van der Waals surface area contributed by atoms with Crippen LogP contribution in [-0.4, -0.2) is 7.05 Å². The van der Waals surface area contributed by atoms with Crippen LogP contribution in [0.3, 0.4) is 0 Å². The van der Waals surface area contributed by atoms with Gasteiger partial charge in [-0.3, -0.25) is 0 Å². The molecule has 0 saturated carbocycles. The van der Waals surface area contributed by atoms with E-state index in [4.69, 9.17) is 23.2 Å². The number of rotatable bonds is 4. The van der Waals surface area contributed by atoms with Crippen molar-refractivity contribution >= 4 is 23.2 Å². The molecule has 0 bridgehead atoms. The largest absolute Gasteiger partial charge is 0.313 e. The molecule has 0 radical (unpaired) electrons. The maximum atomic E-state index is 6.19.